The van der Waals surface area contributed by atoms with E-state index in [2.05, 4.69) is 48.7 Å². The second kappa shape index (κ2) is 20.7. The lowest BCUT2D eigenvalue weighted by Crippen LogP contribution is -2.41. The van der Waals surface area contributed by atoms with E-state index in [-0.39, 0.29) is 49.9 Å². The minimum atomic E-state index is -1.63. The molecular formula is C46H52N5O8P. The van der Waals surface area contributed by atoms with Crippen LogP contribution in [0.15, 0.2) is 126 Å². The van der Waals surface area contributed by atoms with Crippen molar-refractivity contribution < 1.29 is 32.8 Å². The summed E-state index contributed by atoms with van der Waals surface area (Å²) in [5, 5.41) is 12.0. The number of anilines is 1. The molecule has 1 amide bonds. The van der Waals surface area contributed by atoms with Gasteiger partial charge in [0.15, 0.2) is 0 Å². The van der Waals surface area contributed by atoms with Crippen LogP contribution in [-0.4, -0.2) is 71.9 Å². The third-order valence-corrected chi connectivity index (χ3v) is 12.2. The number of amides is 1. The Morgan fingerprint density at radius 2 is 1.43 bits per heavy atom. The Balaban J connectivity index is 1.42. The number of methoxy groups -OCH3 is 2. The van der Waals surface area contributed by atoms with E-state index in [4.69, 9.17) is 28.0 Å². The highest BCUT2D eigenvalue weighted by atomic mass is 31.2. The largest absolute Gasteiger partial charge is 0.497 e. The van der Waals surface area contributed by atoms with Crippen molar-refractivity contribution in [3.8, 4) is 17.6 Å². The minimum Gasteiger partial charge on any atom is -0.497 e. The fourth-order valence-corrected chi connectivity index (χ4v) is 8.95. The third kappa shape index (κ3) is 10.3. The summed E-state index contributed by atoms with van der Waals surface area (Å²) < 4.78 is 41.9. The average molecular weight is 834 g/mol. The van der Waals surface area contributed by atoms with E-state index in [1.165, 1.54) is 4.57 Å². The van der Waals surface area contributed by atoms with Gasteiger partial charge in [0.2, 0.25) is 0 Å². The lowest BCUT2D eigenvalue weighted by atomic mass is 9.79. The van der Waals surface area contributed by atoms with Gasteiger partial charge >= 0.3 is 5.69 Å². The Bertz CT molecular complexity index is 2180. The average Bonchev–Trinajstić information content (AvgIpc) is 3.66. The third-order valence-electron chi connectivity index (χ3n) is 10.1. The van der Waals surface area contributed by atoms with Crippen LogP contribution in [0.25, 0.3) is 0 Å². The van der Waals surface area contributed by atoms with Gasteiger partial charge in [-0.25, -0.2) is 9.46 Å². The Kier molecular flexibility index (Phi) is 15.2. The molecule has 0 saturated carbocycles. The summed E-state index contributed by atoms with van der Waals surface area (Å²) in [5.41, 5.74) is 1.13. The van der Waals surface area contributed by atoms with Crippen LogP contribution in [-0.2, 0) is 24.1 Å². The van der Waals surface area contributed by atoms with E-state index in [1.54, 1.807) is 50.7 Å². The molecule has 6 rings (SSSR count). The zero-order chi connectivity index (χ0) is 42.6. The molecule has 0 spiro atoms. The molecule has 0 radical (unpaired) electrons. The molecule has 4 atom stereocenters. The first-order valence-electron chi connectivity index (χ1n) is 19.9. The normalized spacial score (nSPS) is 17.1. The monoisotopic (exact) mass is 833 g/mol. The van der Waals surface area contributed by atoms with Crippen LogP contribution in [0.2, 0.25) is 0 Å². The summed E-state index contributed by atoms with van der Waals surface area (Å²) in [7, 11) is 1.61. The van der Waals surface area contributed by atoms with Crippen molar-refractivity contribution >= 4 is 20.3 Å². The van der Waals surface area contributed by atoms with Gasteiger partial charge in [-0.2, -0.15) is 10.2 Å². The van der Waals surface area contributed by atoms with E-state index in [1.807, 2.05) is 84.9 Å². The lowest BCUT2D eigenvalue weighted by Gasteiger charge is -2.40. The number of nitrogens with one attached hydrogen (secondary N) is 1. The summed E-state index contributed by atoms with van der Waals surface area (Å²) >= 11 is 0. The Labute approximate surface area is 352 Å². The molecular weight excluding hydrogens is 782 g/mol. The number of hydrogen-bond acceptors (Lipinski definition) is 11. The topological polar surface area (TPSA) is 146 Å². The molecule has 0 bridgehead atoms. The van der Waals surface area contributed by atoms with Crippen molar-refractivity contribution in [2.75, 3.05) is 32.8 Å². The summed E-state index contributed by atoms with van der Waals surface area (Å²) in [6, 6.07) is 38.0. The number of nitriles is 1. The number of carbonyl (C=O) groups excluding carboxylic acids is 1. The number of carbonyl (C=O) groups is 1. The molecule has 2 heterocycles. The molecule has 1 fully saturated rings. The molecule has 314 valence electrons. The van der Waals surface area contributed by atoms with Crippen LogP contribution in [0.5, 0.6) is 11.5 Å². The van der Waals surface area contributed by atoms with Gasteiger partial charge in [-0.15, -0.1) is 0 Å². The van der Waals surface area contributed by atoms with Crippen molar-refractivity contribution in [2.45, 2.75) is 76.7 Å². The number of benzene rings is 4. The highest BCUT2D eigenvalue weighted by Crippen LogP contribution is 2.49. The number of aromatic nitrogens is 2. The van der Waals surface area contributed by atoms with Crippen LogP contribution in [0.4, 0.5) is 5.82 Å². The van der Waals surface area contributed by atoms with Crippen molar-refractivity contribution in [2.24, 2.45) is 0 Å². The van der Waals surface area contributed by atoms with E-state index in [0.717, 1.165) is 16.7 Å². The van der Waals surface area contributed by atoms with Gasteiger partial charge < -0.3 is 33.3 Å². The van der Waals surface area contributed by atoms with E-state index < -0.39 is 38.3 Å². The quantitative estimate of drug-likeness (QED) is 0.0486. The predicted molar refractivity (Wildman–Crippen MR) is 230 cm³/mol. The van der Waals surface area contributed by atoms with Gasteiger partial charge in [0.1, 0.15) is 35.2 Å². The van der Waals surface area contributed by atoms with Gasteiger partial charge in [-0.3, -0.25) is 9.36 Å². The second-order valence-electron chi connectivity index (χ2n) is 14.7. The molecule has 4 unspecified atom stereocenters. The zero-order valence-corrected chi connectivity index (χ0v) is 35.7. The standard InChI is InChI=1S/C46H52N5O8P/c1-32(2)51(33(3)4)60(56-29-13-27-47)57-31-41-40(30-43(58-41)50-28-26-42(49-45(50)53)48-44(52)34-14-9-7-10-15-34)59-46(35-16-11-8-12-17-35,36-18-22-38(54-5)23-19-36)37-20-24-39(55-6)25-21-37/h7-12,14-26,28,32-33,40-41,43H,13,29-31H2,1-6H3,(H,48,49,52,53). The second-order valence-corrected chi connectivity index (χ2v) is 16.1. The van der Waals surface area contributed by atoms with Crippen LogP contribution in [0, 0.1) is 11.3 Å². The van der Waals surface area contributed by atoms with Gasteiger partial charge in [0.05, 0.1) is 46.0 Å². The number of ether oxygens (including phenoxy) is 4. The molecule has 5 aromatic rings. The molecule has 1 aliphatic heterocycles. The van der Waals surface area contributed by atoms with Crippen LogP contribution in [0.1, 0.15) is 73.8 Å². The maximum absolute atomic E-state index is 13.8. The zero-order valence-electron chi connectivity index (χ0n) is 34.8. The molecule has 14 heteroatoms. The highest BCUT2D eigenvalue weighted by Gasteiger charge is 2.47. The van der Waals surface area contributed by atoms with Gasteiger partial charge in [0, 0.05) is 30.3 Å². The summed E-state index contributed by atoms with van der Waals surface area (Å²) in [6.45, 7) is 8.53. The smallest absolute Gasteiger partial charge is 0.351 e. The molecule has 1 N–H and O–H groups in total. The highest BCUT2D eigenvalue weighted by molar-refractivity contribution is 7.44. The summed E-state index contributed by atoms with van der Waals surface area (Å²) in [5.74, 6) is 1.10. The number of nitrogens with zero attached hydrogens (tertiary/aromatic N) is 4. The minimum absolute atomic E-state index is 0.0405. The van der Waals surface area contributed by atoms with E-state index in [0.29, 0.717) is 17.1 Å². The molecule has 1 saturated heterocycles. The lowest BCUT2D eigenvalue weighted by molar-refractivity contribution is -0.0974. The maximum atomic E-state index is 13.8. The Morgan fingerprint density at radius 3 is 1.97 bits per heavy atom. The summed E-state index contributed by atoms with van der Waals surface area (Å²) in [6.07, 6.45) is -0.204. The van der Waals surface area contributed by atoms with Crippen molar-refractivity contribution in [1.82, 2.24) is 14.2 Å². The van der Waals surface area contributed by atoms with E-state index >= 15 is 0 Å². The van der Waals surface area contributed by atoms with E-state index in [9.17, 15) is 14.9 Å². The van der Waals surface area contributed by atoms with Gasteiger partial charge in [0.25, 0.3) is 14.4 Å². The Morgan fingerprint density at radius 1 is 0.867 bits per heavy atom. The molecule has 60 heavy (non-hydrogen) atoms. The fourth-order valence-electron chi connectivity index (χ4n) is 7.33. The van der Waals surface area contributed by atoms with Crippen molar-refractivity contribution in [3.05, 3.63) is 154 Å². The Hall–Kier alpha value is -5.45. The summed E-state index contributed by atoms with van der Waals surface area (Å²) in [4.78, 5) is 30.9. The van der Waals surface area contributed by atoms with Crippen LogP contribution >= 0.6 is 8.53 Å². The molecule has 1 aliphatic rings. The van der Waals surface area contributed by atoms with Gasteiger partial charge in [-0.1, -0.05) is 72.8 Å². The fraction of sp³-hybridized carbons (Fsp3) is 0.348. The van der Waals surface area contributed by atoms with Crippen molar-refractivity contribution in [3.63, 3.8) is 0 Å². The predicted octanol–water partition coefficient (Wildman–Crippen LogP) is 8.47. The molecule has 13 nitrogen and oxygen atoms in total. The number of hydrogen-bond donors (Lipinski definition) is 1. The van der Waals surface area contributed by atoms with Gasteiger partial charge in [-0.05, 0) is 86.8 Å². The first-order valence-corrected chi connectivity index (χ1v) is 21.1. The van der Waals surface area contributed by atoms with Crippen LogP contribution in [0.3, 0.4) is 0 Å². The molecule has 0 aliphatic carbocycles. The first-order chi connectivity index (χ1) is 29.1. The molecule has 4 aromatic carbocycles. The molecule has 1 aromatic heterocycles. The van der Waals surface area contributed by atoms with Crippen LogP contribution < -0.4 is 20.5 Å². The first kappa shape index (κ1) is 44.1. The SMILES string of the molecule is COc1ccc(C(OC2CC(n3ccc(NC(=O)c4ccccc4)nc3=O)OC2COP(OCCC#N)N(C(C)C)C(C)C)(c2ccccc2)c2ccc(OC)cc2)cc1. The van der Waals surface area contributed by atoms with Crippen molar-refractivity contribution in [1.29, 1.82) is 5.26 Å². The number of rotatable bonds is 19. The maximum Gasteiger partial charge on any atom is 0.351 e.